The number of hydrogen-bond acceptors (Lipinski definition) is 9. The van der Waals surface area contributed by atoms with E-state index in [9.17, 15) is 0 Å². The van der Waals surface area contributed by atoms with Gasteiger partial charge in [-0.3, -0.25) is 0 Å². The molecule has 2 aromatic heterocycles. The first-order valence-corrected chi connectivity index (χ1v) is 4.30. The molecule has 0 aliphatic rings. The van der Waals surface area contributed by atoms with Crippen LogP contribution in [0.25, 0.3) is 0 Å². The van der Waals surface area contributed by atoms with Crippen LogP contribution in [0, 0.1) is 11.3 Å². The van der Waals surface area contributed by atoms with Gasteiger partial charge in [0.15, 0.2) is 0 Å². The van der Waals surface area contributed by atoms with Crippen LogP contribution < -0.4 is 0 Å². The summed E-state index contributed by atoms with van der Waals surface area (Å²) in [6, 6.07) is 1.78. The van der Waals surface area contributed by atoms with Crippen molar-refractivity contribution in [3.63, 3.8) is 0 Å². The third-order valence-corrected chi connectivity index (χ3v) is 1.44. The summed E-state index contributed by atoms with van der Waals surface area (Å²) in [5.41, 5.74) is 0. The molecule has 2 aromatic rings. The van der Waals surface area contributed by atoms with E-state index in [4.69, 9.17) is 5.26 Å². The lowest BCUT2D eigenvalue weighted by Crippen LogP contribution is -1.92. The van der Waals surface area contributed by atoms with Crippen LogP contribution in [0.3, 0.4) is 0 Å². The monoisotopic (exact) mass is 231 g/mol. The van der Waals surface area contributed by atoms with Gasteiger partial charge in [0, 0.05) is 0 Å². The van der Waals surface area contributed by atoms with Crippen molar-refractivity contribution < 1.29 is 0 Å². The van der Waals surface area contributed by atoms with E-state index in [0.29, 0.717) is 0 Å². The van der Waals surface area contributed by atoms with Gasteiger partial charge in [0.2, 0.25) is 0 Å². The van der Waals surface area contributed by atoms with Crippen molar-refractivity contribution in [2.45, 2.75) is 6.17 Å². The molecule has 0 aliphatic carbocycles. The third kappa shape index (κ3) is 2.96. The molecule has 0 amide bonds. The van der Waals surface area contributed by atoms with Crippen LogP contribution in [0.1, 0.15) is 0 Å². The summed E-state index contributed by atoms with van der Waals surface area (Å²) >= 11 is 0. The molecule has 2 heterocycles. The fourth-order valence-electron chi connectivity index (χ4n) is 0.788. The number of nitrogens with one attached hydrogen (secondary N) is 2. The Kier molecular flexibility index (Phi) is 3.19. The van der Waals surface area contributed by atoms with E-state index in [0.717, 1.165) is 0 Å². The lowest BCUT2D eigenvalue weighted by Gasteiger charge is -1.90. The zero-order chi connectivity index (χ0) is 11.9. The van der Waals surface area contributed by atoms with Gasteiger partial charge in [-0.1, -0.05) is 0 Å². The standard InChI is InChI=1S/C6H5N11/c7-1-4(12-16-5-8-2-10-14-5)13-17-6-9-3-11-15-6/h2-4H,(H,8,10,14)(H,9,11,15)/b16-12+,17-13+. The number of H-pyrrole nitrogens is 2. The Balaban J connectivity index is 2.01. The normalized spacial score (nSPS) is 11.5. The van der Waals surface area contributed by atoms with Crippen LogP contribution in [-0.4, -0.2) is 36.5 Å². The number of nitriles is 1. The molecule has 0 spiro atoms. The first kappa shape index (κ1) is 10.5. The molecule has 2 rings (SSSR count). The summed E-state index contributed by atoms with van der Waals surface area (Å²) in [5, 5.41) is 35.2. The van der Waals surface area contributed by atoms with Gasteiger partial charge < -0.3 is 0 Å². The summed E-state index contributed by atoms with van der Waals surface area (Å²) in [6.45, 7) is 0. The van der Waals surface area contributed by atoms with Gasteiger partial charge in [0.05, 0.1) is 0 Å². The van der Waals surface area contributed by atoms with Gasteiger partial charge >= 0.3 is 0 Å². The summed E-state index contributed by atoms with van der Waals surface area (Å²) in [6.07, 6.45) is 1.46. The molecule has 0 aliphatic heterocycles. The number of aromatic amines is 2. The number of nitrogens with zero attached hydrogens (tertiary/aromatic N) is 9. The van der Waals surface area contributed by atoms with Gasteiger partial charge in [-0.05, 0) is 0 Å². The quantitative estimate of drug-likeness (QED) is 0.738. The molecular formula is C6H5N11. The molecule has 0 saturated heterocycles. The van der Waals surface area contributed by atoms with Gasteiger partial charge in [0.1, 0.15) is 18.7 Å². The molecule has 0 saturated carbocycles. The SMILES string of the molecule is N#CC(/N=N/c1ncn[nH]1)/N=N/c1ncn[nH]1. The molecule has 2 N–H and O–H groups in total. The number of aromatic nitrogens is 6. The Morgan fingerprint density at radius 1 is 1.06 bits per heavy atom. The van der Waals surface area contributed by atoms with Crippen LogP contribution in [0.15, 0.2) is 33.1 Å². The highest BCUT2D eigenvalue weighted by Gasteiger charge is 2.03. The molecule has 17 heavy (non-hydrogen) atoms. The van der Waals surface area contributed by atoms with Crippen LogP contribution in [-0.2, 0) is 0 Å². The van der Waals surface area contributed by atoms with Gasteiger partial charge in [-0.15, -0.1) is 20.5 Å². The first-order chi connectivity index (χ1) is 8.38. The molecule has 0 radical (unpaired) electrons. The van der Waals surface area contributed by atoms with E-state index in [1.807, 2.05) is 0 Å². The van der Waals surface area contributed by atoms with Gasteiger partial charge in [-0.2, -0.15) is 25.4 Å². The van der Waals surface area contributed by atoms with Crippen molar-refractivity contribution in [1.29, 1.82) is 5.26 Å². The van der Waals surface area contributed by atoms with Crippen molar-refractivity contribution in [1.82, 2.24) is 30.4 Å². The molecule has 11 heteroatoms. The minimum Gasteiger partial charge on any atom is -0.242 e. The second-order valence-corrected chi connectivity index (χ2v) is 2.55. The van der Waals surface area contributed by atoms with E-state index >= 15 is 0 Å². The first-order valence-electron chi connectivity index (χ1n) is 4.30. The Morgan fingerprint density at radius 2 is 1.59 bits per heavy atom. The maximum Gasteiger partial charge on any atom is 0.266 e. The zero-order valence-electron chi connectivity index (χ0n) is 8.26. The molecule has 11 nitrogen and oxygen atoms in total. The Morgan fingerprint density at radius 3 is 1.94 bits per heavy atom. The van der Waals surface area contributed by atoms with E-state index in [-0.39, 0.29) is 11.9 Å². The topological polar surface area (TPSA) is 156 Å². The van der Waals surface area contributed by atoms with Crippen LogP contribution in [0.2, 0.25) is 0 Å². The van der Waals surface area contributed by atoms with E-state index < -0.39 is 6.17 Å². The predicted molar refractivity (Wildman–Crippen MR) is 51.2 cm³/mol. The second kappa shape index (κ2) is 5.16. The van der Waals surface area contributed by atoms with Crippen molar-refractivity contribution in [3.8, 4) is 6.07 Å². The van der Waals surface area contributed by atoms with Crippen molar-refractivity contribution in [2.24, 2.45) is 20.5 Å². The number of hydrogen-bond donors (Lipinski definition) is 2. The van der Waals surface area contributed by atoms with E-state index in [1.165, 1.54) is 12.7 Å². The highest BCUT2D eigenvalue weighted by Crippen LogP contribution is 2.06. The molecule has 0 atom stereocenters. The van der Waals surface area contributed by atoms with Gasteiger partial charge in [0.25, 0.3) is 18.1 Å². The van der Waals surface area contributed by atoms with Crippen LogP contribution in [0.5, 0.6) is 0 Å². The predicted octanol–water partition coefficient (Wildman–Crippen LogP) is 0.640. The lowest BCUT2D eigenvalue weighted by atomic mass is 10.6. The molecule has 0 bridgehead atoms. The van der Waals surface area contributed by atoms with Crippen molar-refractivity contribution in [3.05, 3.63) is 12.7 Å². The number of rotatable bonds is 4. The van der Waals surface area contributed by atoms with Crippen LogP contribution >= 0.6 is 0 Å². The number of azo groups is 2. The molecule has 0 fully saturated rings. The fourth-order valence-corrected chi connectivity index (χ4v) is 0.788. The second-order valence-electron chi connectivity index (χ2n) is 2.55. The lowest BCUT2D eigenvalue weighted by molar-refractivity contribution is 0.766. The molecular weight excluding hydrogens is 226 g/mol. The largest absolute Gasteiger partial charge is 0.266 e. The Labute approximate surface area is 93.7 Å². The smallest absolute Gasteiger partial charge is 0.242 e. The average molecular weight is 231 g/mol. The highest BCUT2D eigenvalue weighted by molar-refractivity contribution is 5.08. The Bertz CT molecular complexity index is 485. The minimum atomic E-state index is -1.08. The summed E-state index contributed by atoms with van der Waals surface area (Å²) in [4.78, 5) is 7.39. The maximum atomic E-state index is 8.73. The average Bonchev–Trinajstić information content (AvgIpc) is 3.02. The Hall–Kier alpha value is -3.03. The molecule has 0 aromatic carbocycles. The maximum absolute atomic E-state index is 8.73. The summed E-state index contributed by atoms with van der Waals surface area (Å²) < 4.78 is 0. The summed E-state index contributed by atoms with van der Waals surface area (Å²) in [5.74, 6) is 0.361. The zero-order valence-corrected chi connectivity index (χ0v) is 8.26. The molecule has 0 unspecified atom stereocenters. The van der Waals surface area contributed by atoms with Crippen LogP contribution in [0.4, 0.5) is 11.9 Å². The third-order valence-electron chi connectivity index (χ3n) is 1.44. The summed E-state index contributed by atoms with van der Waals surface area (Å²) in [7, 11) is 0. The van der Waals surface area contributed by atoms with E-state index in [1.54, 1.807) is 6.07 Å². The van der Waals surface area contributed by atoms with Gasteiger partial charge in [-0.25, -0.2) is 10.2 Å². The van der Waals surface area contributed by atoms with Crippen molar-refractivity contribution >= 4 is 11.9 Å². The molecule has 84 valence electrons. The fraction of sp³-hybridized carbons (Fsp3) is 0.167. The van der Waals surface area contributed by atoms with Crippen molar-refractivity contribution in [2.75, 3.05) is 0 Å². The van der Waals surface area contributed by atoms with E-state index in [2.05, 4.69) is 50.8 Å². The minimum absolute atomic E-state index is 0.181. The highest BCUT2D eigenvalue weighted by atomic mass is 15.4.